The Balaban J connectivity index is 1.46. The lowest BCUT2D eigenvalue weighted by molar-refractivity contribution is 0.102. The molecule has 5 rings (SSSR count). The summed E-state index contributed by atoms with van der Waals surface area (Å²) in [7, 11) is 0. The molecule has 3 heterocycles. The number of nitrogens with zero attached hydrogens (tertiary/aromatic N) is 3. The van der Waals surface area contributed by atoms with Gasteiger partial charge in [0.1, 0.15) is 5.82 Å². The number of imidazole rings is 1. The molecule has 6 heteroatoms. The number of amides is 1. The van der Waals surface area contributed by atoms with Crippen LogP contribution in [-0.2, 0) is 0 Å². The van der Waals surface area contributed by atoms with Gasteiger partial charge in [-0.3, -0.25) is 9.78 Å². The highest BCUT2D eigenvalue weighted by Gasteiger charge is 2.11. The Bertz CT molecular complexity index is 1370. The summed E-state index contributed by atoms with van der Waals surface area (Å²) in [5.74, 6) is 0.310. The number of aryl methyl sites for hydroxylation is 1. The number of hydrogen-bond acceptors (Lipinski definition) is 4. The minimum Gasteiger partial charge on any atom is -0.345 e. The molecular weight excluding hydrogens is 362 g/mol. The van der Waals surface area contributed by atoms with Crippen molar-refractivity contribution in [2.75, 3.05) is 5.32 Å². The van der Waals surface area contributed by atoms with E-state index >= 15 is 0 Å². The molecule has 5 aromatic rings. The number of carbonyl (C=O) groups excluding carboxylic acids is 1. The smallest absolute Gasteiger partial charge is 0.256 e. The number of pyridine rings is 2. The van der Waals surface area contributed by atoms with E-state index in [1.165, 1.54) is 0 Å². The van der Waals surface area contributed by atoms with Crippen LogP contribution in [-0.4, -0.2) is 25.8 Å². The molecule has 0 saturated carbocycles. The van der Waals surface area contributed by atoms with Gasteiger partial charge in [-0.05, 0) is 54.3 Å². The van der Waals surface area contributed by atoms with Gasteiger partial charge in [-0.2, -0.15) is 0 Å². The number of carbonyl (C=O) groups is 1. The predicted molar refractivity (Wildman–Crippen MR) is 114 cm³/mol. The summed E-state index contributed by atoms with van der Waals surface area (Å²) in [4.78, 5) is 28.9. The minimum absolute atomic E-state index is 0.199. The highest BCUT2D eigenvalue weighted by Crippen LogP contribution is 2.26. The Labute approximate surface area is 166 Å². The number of aromatic nitrogens is 4. The third-order valence-corrected chi connectivity index (χ3v) is 4.94. The largest absolute Gasteiger partial charge is 0.345 e. The molecule has 0 aliphatic rings. The van der Waals surface area contributed by atoms with Crippen molar-refractivity contribution in [1.29, 1.82) is 0 Å². The number of benzene rings is 2. The fraction of sp³-hybridized carbons (Fsp3) is 0.0435. The molecule has 0 atom stereocenters. The van der Waals surface area contributed by atoms with Crippen LogP contribution in [0.1, 0.15) is 15.9 Å². The van der Waals surface area contributed by atoms with Crippen LogP contribution < -0.4 is 5.32 Å². The van der Waals surface area contributed by atoms with E-state index in [0.717, 1.165) is 38.6 Å². The molecule has 3 aromatic heterocycles. The molecule has 0 saturated heterocycles. The lowest BCUT2D eigenvalue weighted by Crippen LogP contribution is -2.13. The molecule has 29 heavy (non-hydrogen) atoms. The normalized spacial score (nSPS) is 11.1. The molecule has 0 radical (unpaired) electrons. The summed E-state index contributed by atoms with van der Waals surface area (Å²) in [5, 5.41) is 4.87. The van der Waals surface area contributed by atoms with Crippen LogP contribution >= 0.6 is 0 Å². The zero-order valence-electron chi connectivity index (χ0n) is 15.7. The lowest BCUT2D eigenvalue weighted by atomic mass is 10.1. The Morgan fingerprint density at radius 1 is 1.00 bits per heavy atom. The summed E-state index contributed by atoms with van der Waals surface area (Å²) in [6, 6.07) is 17.2. The van der Waals surface area contributed by atoms with E-state index in [9.17, 15) is 4.79 Å². The number of nitrogens with one attached hydrogen (secondary N) is 2. The average molecular weight is 379 g/mol. The van der Waals surface area contributed by atoms with Crippen LogP contribution in [0.2, 0.25) is 0 Å². The highest BCUT2D eigenvalue weighted by atomic mass is 16.1. The van der Waals surface area contributed by atoms with Crippen molar-refractivity contribution >= 4 is 33.5 Å². The number of fused-ring (bicyclic) bond motifs is 2. The van der Waals surface area contributed by atoms with Gasteiger partial charge in [-0.25, -0.2) is 9.97 Å². The van der Waals surface area contributed by atoms with Gasteiger partial charge in [0.15, 0.2) is 0 Å². The monoisotopic (exact) mass is 379 g/mol. The van der Waals surface area contributed by atoms with Crippen molar-refractivity contribution in [3.8, 4) is 11.3 Å². The minimum atomic E-state index is -0.199. The van der Waals surface area contributed by atoms with Crippen molar-refractivity contribution in [2.24, 2.45) is 0 Å². The van der Waals surface area contributed by atoms with Crippen molar-refractivity contribution in [1.82, 2.24) is 19.9 Å². The Morgan fingerprint density at radius 2 is 1.93 bits per heavy atom. The third kappa shape index (κ3) is 3.21. The topological polar surface area (TPSA) is 83.6 Å². The van der Waals surface area contributed by atoms with E-state index in [1.807, 2.05) is 55.5 Å². The van der Waals surface area contributed by atoms with Crippen molar-refractivity contribution in [3.63, 3.8) is 0 Å². The lowest BCUT2D eigenvalue weighted by Gasteiger charge is -2.10. The van der Waals surface area contributed by atoms with Gasteiger partial charge in [0.05, 0.1) is 23.1 Å². The molecule has 0 fully saturated rings. The number of anilines is 1. The second-order valence-corrected chi connectivity index (χ2v) is 6.89. The first-order chi connectivity index (χ1) is 14.2. The van der Waals surface area contributed by atoms with Gasteiger partial charge in [-0.15, -0.1) is 0 Å². The van der Waals surface area contributed by atoms with Crippen LogP contribution in [0.4, 0.5) is 5.82 Å². The van der Waals surface area contributed by atoms with Crippen LogP contribution in [0.15, 0.2) is 73.3 Å². The van der Waals surface area contributed by atoms with Crippen LogP contribution in [0, 0.1) is 6.92 Å². The van der Waals surface area contributed by atoms with Gasteiger partial charge >= 0.3 is 0 Å². The maximum absolute atomic E-state index is 12.8. The van der Waals surface area contributed by atoms with Crippen molar-refractivity contribution < 1.29 is 4.79 Å². The number of aromatic amines is 1. The molecule has 1 amide bonds. The van der Waals surface area contributed by atoms with E-state index in [1.54, 1.807) is 24.8 Å². The van der Waals surface area contributed by atoms with Gasteiger partial charge in [0.25, 0.3) is 5.91 Å². The van der Waals surface area contributed by atoms with Gasteiger partial charge in [0, 0.05) is 28.9 Å². The van der Waals surface area contributed by atoms with Crippen LogP contribution in [0.25, 0.3) is 33.1 Å². The highest BCUT2D eigenvalue weighted by molar-refractivity contribution is 6.06. The predicted octanol–water partition coefficient (Wildman–Crippen LogP) is 4.73. The molecule has 0 unspecified atom stereocenters. The molecule has 0 spiro atoms. The standard InChI is InChI=1S/C23H17N5O/c1-14-2-7-21(27-22(14)16-5-6-19-20(11-16)26-13-25-19)28-23(29)17-3-4-18-12-24-9-8-15(18)10-17/h2-13H,1H3,(H,25,26)(H,27,28,29). The van der Waals surface area contributed by atoms with Crippen LogP contribution in [0.5, 0.6) is 0 Å². The van der Waals surface area contributed by atoms with E-state index < -0.39 is 0 Å². The number of rotatable bonds is 3. The first kappa shape index (κ1) is 17.1. The van der Waals surface area contributed by atoms with Crippen molar-refractivity contribution in [3.05, 3.63) is 84.4 Å². The van der Waals surface area contributed by atoms with Gasteiger partial charge in [-0.1, -0.05) is 18.2 Å². The maximum Gasteiger partial charge on any atom is 0.256 e. The first-order valence-electron chi connectivity index (χ1n) is 9.24. The second kappa shape index (κ2) is 6.83. The molecular formula is C23H17N5O. The van der Waals surface area contributed by atoms with Gasteiger partial charge < -0.3 is 10.3 Å². The van der Waals surface area contributed by atoms with E-state index in [0.29, 0.717) is 11.4 Å². The summed E-state index contributed by atoms with van der Waals surface area (Å²) in [6.07, 6.45) is 5.17. The second-order valence-electron chi connectivity index (χ2n) is 6.89. The summed E-state index contributed by atoms with van der Waals surface area (Å²) < 4.78 is 0. The van der Waals surface area contributed by atoms with Crippen molar-refractivity contribution in [2.45, 2.75) is 6.92 Å². The first-order valence-corrected chi connectivity index (χ1v) is 9.24. The number of hydrogen-bond donors (Lipinski definition) is 2. The average Bonchev–Trinajstić information content (AvgIpc) is 3.22. The Morgan fingerprint density at radius 3 is 2.86 bits per heavy atom. The van der Waals surface area contributed by atoms with E-state index in [4.69, 9.17) is 0 Å². The Kier molecular flexibility index (Phi) is 4.02. The van der Waals surface area contributed by atoms with E-state index in [-0.39, 0.29) is 5.91 Å². The summed E-state index contributed by atoms with van der Waals surface area (Å²) in [6.45, 7) is 2.00. The summed E-state index contributed by atoms with van der Waals surface area (Å²) >= 11 is 0. The molecule has 0 aliphatic carbocycles. The quantitative estimate of drug-likeness (QED) is 0.474. The van der Waals surface area contributed by atoms with Gasteiger partial charge in [0.2, 0.25) is 0 Å². The summed E-state index contributed by atoms with van der Waals surface area (Å²) in [5.41, 5.74) is 5.25. The molecule has 6 nitrogen and oxygen atoms in total. The number of H-pyrrole nitrogens is 1. The SMILES string of the molecule is Cc1ccc(NC(=O)c2ccc3cnccc3c2)nc1-c1ccc2nc[nH]c2c1. The molecule has 2 aromatic carbocycles. The fourth-order valence-corrected chi connectivity index (χ4v) is 3.39. The molecule has 2 N–H and O–H groups in total. The fourth-order valence-electron chi connectivity index (χ4n) is 3.39. The van der Waals surface area contributed by atoms with Crippen LogP contribution in [0.3, 0.4) is 0 Å². The zero-order valence-corrected chi connectivity index (χ0v) is 15.7. The molecule has 0 aliphatic heterocycles. The molecule has 0 bridgehead atoms. The maximum atomic E-state index is 12.8. The van der Waals surface area contributed by atoms with E-state index in [2.05, 4.69) is 25.3 Å². The Hall–Kier alpha value is -4.06. The molecule has 140 valence electrons. The third-order valence-electron chi connectivity index (χ3n) is 4.94. The zero-order chi connectivity index (χ0) is 19.8.